The lowest BCUT2D eigenvalue weighted by Crippen LogP contribution is -2.46. The predicted molar refractivity (Wildman–Crippen MR) is 85.6 cm³/mol. The van der Waals surface area contributed by atoms with Crippen molar-refractivity contribution in [3.8, 4) is 0 Å². The fraction of sp³-hybridized carbons (Fsp3) is 0.611. The quantitative estimate of drug-likeness (QED) is 0.582. The molecule has 0 heterocycles. The van der Waals surface area contributed by atoms with Gasteiger partial charge >= 0.3 is 12.1 Å². The van der Waals surface area contributed by atoms with E-state index in [1.807, 2.05) is 0 Å². The highest BCUT2D eigenvalue weighted by atomic mass is 19.4. The first kappa shape index (κ1) is 20.6. The van der Waals surface area contributed by atoms with Crippen LogP contribution in [0, 0.1) is 5.41 Å². The fourth-order valence-corrected chi connectivity index (χ4v) is 3.09. The molecule has 3 nitrogen and oxygen atoms in total. The Balaban J connectivity index is 1.98. The summed E-state index contributed by atoms with van der Waals surface area (Å²) in [7, 11) is 0. The normalized spacial score (nSPS) is 19.2. The average molecular weight is 379 g/mol. The molecule has 26 heavy (non-hydrogen) atoms. The minimum atomic E-state index is -4.40. The molecule has 0 bridgehead atoms. The number of hydrogen-bond donors (Lipinski definition) is 1. The summed E-state index contributed by atoms with van der Waals surface area (Å²) >= 11 is 0. The lowest BCUT2D eigenvalue weighted by atomic mass is 9.72. The van der Waals surface area contributed by atoms with E-state index in [1.54, 1.807) is 6.92 Å². The molecule has 1 fully saturated rings. The van der Waals surface area contributed by atoms with Gasteiger partial charge < -0.3 is 10.1 Å². The van der Waals surface area contributed by atoms with Crippen LogP contribution in [-0.2, 0) is 22.3 Å². The van der Waals surface area contributed by atoms with Gasteiger partial charge in [0.25, 0.3) is 0 Å². The number of alkyl halides is 5. The van der Waals surface area contributed by atoms with Gasteiger partial charge in [-0.3, -0.25) is 4.79 Å². The molecule has 8 heteroatoms. The van der Waals surface area contributed by atoms with Crippen LogP contribution in [0.2, 0.25) is 0 Å². The van der Waals surface area contributed by atoms with Gasteiger partial charge in [0.2, 0.25) is 5.92 Å². The van der Waals surface area contributed by atoms with Crippen molar-refractivity contribution in [3.05, 3.63) is 35.4 Å². The maximum Gasteiger partial charge on any atom is 0.416 e. The molecule has 0 saturated heterocycles. The Morgan fingerprint density at radius 1 is 1.12 bits per heavy atom. The van der Waals surface area contributed by atoms with Crippen LogP contribution >= 0.6 is 0 Å². The Labute approximate surface area is 148 Å². The van der Waals surface area contributed by atoms with Crippen molar-refractivity contribution in [2.24, 2.45) is 5.41 Å². The van der Waals surface area contributed by atoms with Gasteiger partial charge in [0.15, 0.2) is 0 Å². The van der Waals surface area contributed by atoms with Crippen LogP contribution in [0.4, 0.5) is 22.0 Å². The molecule has 1 N–H and O–H groups in total. The molecular weight excluding hydrogens is 357 g/mol. The Hall–Kier alpha value is -1.70. The number of carbonyl (C=O) groups is 1. The number of ether oxygens (including phenoxy) is 1. The molecule has 0 aromatic heterocycles. The molecule has 0 radical (unpaired) electrons. The minimum absolute atomic E-state index is 0.0127. The SMILES string of the molecule is CCOC(=O)C1(CNCc2ccc(C(F)(F)F)cc2)CCC(F)(F)CC1. The molecule has 0 amide bonds. The Bertz CT molecular complexity index is 603. The summed E-state index contributed by atoms with van der Waals surface area (Å²) in [5, 5.41) is 3.01. The first-order chi connectivity index (χ1) is 12.1. The topological polar surface area (TPSA) is 38.3 Å². The van der Waals surface area contributed by atoms with E-state index in [-0.39, 0.29) is 45.4 Å². The maximum atomic E-state index is 13.5. The van der Waals surface area contributed by atoms with Crippen molar-refractivity contribution in [2.45, 2.75) is 51.3 Å². The number of carbonyl (C=O) groups excluding carboxylic acids is 1. The van der Waals surface area contributed by atoms with Crippen LogP contribution in [0.15, 0.2) is 24.3 Å². The van der Waals surface area contributed by atoms with Crippen LogP contribution in [0.5, 0.6) is 0 Å². The maximum absolute atomic E-state index is 13.5. The molecule has 2 rings (SSSR count). The highest BCUT2D eigenvalue weighted by Crippen LogP contribution is 2.44. The van der Waals surface area contributed by atoms with E-state index >= 15 is 0 Å². The molecule has 1 aromatic carbocycles. The lowest BCUT2D eigenvalue weighted by molar-refractivity contribution is -0.162. The van der Waals surface area contributed by atoms with Gasteiger partial charge in [-0.2, -0.15) is 13.2 Å². The van der Waals surface area contributed by atoms with E-state index in [1.165, 1.54) is 12.1 Å². The number of halogens is 5. The van der Waals surface area contributed by atoms with Gasteiger partial charge in [-0.15, -0.1) is 0 Å². The summed E-state index contributed by atoms with van der Waals surface area (Å²) in [4.78, 5) is 12.3. The first-order valence-corrected chi connectivity index (χ1v) is 8.50. The summed E-state index contributed by atoms with van der Waals surface area (Å²) < 4.78 is 69.6. The number of nitrogens with one attached hydrogen (secondary N) is 1. The third-order valence-corrected chi connectivity index (χ3v) is 4.72. The monoisotopic (exact) mass is 379 g/mol. The Morgan fingerprint density at radius 2 is 1.69 bits per heavy atom. The Morgan fingerprint density at radius 3 is 2.19 bits per heavy atom. The van der Waals surface area contributed by atoms with Gasteiger partial charge in [0.05, 0.1) is 17.6 Å². The highest BCUT2D eigenvalue weighted by molar-refractivity contribution is 5.77. The lowest BCUT2D eigenvalue weighted by Gasteiger charge is -2.38. The molecule has 0 unspecified atom stereocenters. The third-order valence-electron chi connectivity index (χ3n) is 4.72. The molecular formula is C18H22F5NO2. The number of esters is 1. The zero-order valence-corrected chi connectivity index (χ0v) is 14.5. The Kier molecular flexibility index (Phi) is 6.26. The van der Waals surface area contributed by atoms with E-state index < -0.39 is 29.0 Å². The van der Waals surface area contributed by atoms with E-state index in [4.69, 9.17) is 4.74 Å². The van der Waals surface area contributed by atoms with Crippen molar-refractivity contribution in [2.75, 3.05) is 13.2 Å². The van der Waals surface area contributed by atoms with Crippen LogP contribution in [-0.4, -0.2) is 25.0 Å². The van der Waals surface area contributed by atoms with Gasteiger partial charge in [-0.1, -0.05) is 12.1 Å². The predicted octanol–water partition coefficient (Wildman–Crippen LogP) is 4.55. The number of rotatable bonds is 6. The van der Waals surface area contributed by atoms with Crippen molar-refractivity contribution in [3.63, 3.8) is 0 Å². The smallest absolute Gasteiger partial charge is 0.416 e. The minimum Gasteiger partial charge on any atom is -0.466 e. The van der Waals surface area contributed by atoms with Crippen LogP contribution in [0.3, 0.4) is 0 Å². The summed E-state index contributed by atoms with van der Waals surface area (Å²) in [5.74, 6) is -3.28. The van der Waals surface area contributed by atoms with Gasteiger partial charge in [0.1, 0.15) is 0 Å². The molecule has 1 aromatic rings. The van der Waals surface area contributed by atoms with Crippen LogP contribution in [0.1, 0.15) is 43.7 Å². The second-order valence-corrected chi connectivity index (χ2v) is 6.65. The fourth-order valence-electron chi connectivity index (χ4n) is 3.09. The molecule has 0 spiro atoms. The highest BCUT2D eigenvalue weighted by Gasteiger charge is 2.48. The zero-order chi connectivity index (χ0) is 19.4. The molecule has 0 atom stereocenters. The van der Waals surface area contributed by atoms with E-state index in [0.29, 0.717) is 5.56 Å². The summed E-state index contributed by atoms with van der Waals surface area (Å²) in [5.41, 5.74) is -1.15. The molecule has 1 aliphatic carbocycles. The van der Waals surface area contributed by atoms with E-state index in [0.717, 1.165) is 12.1 Å². The number of hydrogen-bond acceptors (Lipinski definition) is 3. The summed E-state index contributed by atoms with van der Waals surface area (Å²) in [6, 6.07) is 4.67. The largest absolute Gasteiger partial charge is 0.466 e. The molecule has 0 aliphatic heterocycles. The van der Waals surface area contributed by atoms with Crippen molar-refractivity contribution in [1.82, 2.24) is 5.32 Å². The standard InChI is InChI=1S/C18H22F5NO2/c1-2-26-15(25)16(7-9-17(19,20)10-8-16)12-24-11-13-3-5-14(6-4-13)18(21,22)23/h3-6,24H,2,7-12H2,1H3. The summed E-state index contributed by atoms with van der Waals surface area (Å²) in [6.07, 6.45) is -5.13. The summed E-state index contributed by atoms with van der Waals surface area (Å²) in [6.45, 7) is 2.19. The molecule has 146 valence electrons. The van der Waals surface area contributed by atoms with Crippen molar-refractivity contribution >= 4 is 5.97 Å². The van der Waals surface area contributed by atoms with Crippen LogP contribution < -0.4 is 5.32 Å². The van der Waals surface area contributed by atoms with Crippen molar-refractivity contribution in [1.29, 1.82) is 0 Å². The number of benzene rings is 1. The van der Waals surface area contributed by atoms with Gasteiger partial charge in [-0.05, 0) is 37.5 Å². The average Bonchev–Trinajstić information content (AvgIpc) is 2.56. The van der Waals surface area contributed by atoms with Gasteiger partial charge in [-0.25, -0.2) is 8.78 Å². The van der Waals surface area contributed by atoms with E-state index in [2.05, 4.69) is 5.32 Å². The third kappa shape index (κ3) is 5.16. The molecule has 1 aliphatic rings. The zero-order valence-electron chi connectivity index (χ0n) is 14.5. The van der Waals surface area contributed by atoms with Crippen LogP contribution in [0.25, 0.3) is 0 Å². The second-order valence-electron chi connectivity index (χ2n) is 6.65. The first-order valence-electron chi connectivity index (χ1n) is 8.50. The van der Waals surface area contributed by atoms with Gasteiger partial charge in [0, 0.05) is 25.9 Å². The van der Waals surface area contributed by atoms with E-state index in [9.17, 15) is 26.7 Å². The molecule has 1 saturated carbocycles. The second kappa shape index (κ2) is 7.90. The van der Waals surface area contributed by atoms with Crippen molar-refractivity contribution < 1.29 is 31.5 Å².